The maximum atomic E-state index is 9.45. The van der Waals surface area contributed by atoms with E-state index in [-0.39, 0.29) is 18.3 Å². The molecule has 0 saturated heterocycles. The molecule has 1 aromatic rings. The zero-order valence-electron chi connectivity index (χ0n) is 5.50. The molecule has 0 atom stereocenters. The molecule has 0 aliphatic carbocycles. The molecule has 0 N–H and O–H groups in total. The van der Waals surface area contributed by atoms with Crippen LogP contribution >= 0.6 is 46.9 Å². The summed E-state index contributed by atoms with van der Waals surface area (Å²) in [7, 11) is 0. The molecular formula is C6H7Cl3OS. The molecule has 0 aliphatic heterocycles. The van der Waals surface area contributed by atoms with Gasteiger partial charge in [-0.3, -0.25) is 4.79 Å². The van der Waals surface area contributed by atoms with Gasteiger partial charge in [-0.25, -0.2) is 0 Å². The van der Waals surface area contributed by atoms with Crippen LogP contribution in [0.5, 0.6) is 0 Å². The Kier molecular flexibility index (Phi) is 12.9. The van der Waals surface area contributed by atoms with Crippen LogP contribution in [0, 0.1) is 0 Å². The molecule has 0 saturated carbocycles. The lowest BCUT2D eigenvalue weighted by Gasteiger charge is -1.65. The fourth-order valence-electron chi connectivity index (χ4n) is 0.227. The minimum absolute atomic E-state index is 0. The maximum absolute atomic E-state index is 9.45. The third-order valence-corrected chi connectivity index (χ3v) is 1.67. The monoisotopic (exact) mass is 232 g/mol. The van der Waals surface area contributed by atoms with Crippen molar-refractivity contribution in [2.45, 2.75) is 0 Å². The summed E-state index contributed by atoms with van der Waals surface area (Å²) < 4.78 is 0. The van der Waals surface area contributed by atoms with E-state index in [1.165, 1.54) is 0 Å². The number of thiophene rings is 1. The molecule has 5 heteroatoms. The first-order valence-corrected chi connectivity index (χ1v) is 4.34. The molecule has 0 bridgehead atoms. The van der Waals surface area contributed by atoms with Crippen LogP contribution in [0.25, 0.3) is 0 Å². The van der Waals surface area contributed by atoms with Crippen molar-refractivity contribution in [2.75, 3.05) is 5.88 Å². The summed E-state index contributed by atoms with van der Waals surface area (Å²) >= 11 is 11.3. The molecule has 1 aromatic heterocycles. The second kappa shape index (κ2) is 10.2. The summed E-state index contributed by atoms with van der Waals surface area (Å²) in [4.78, 5) is 9.45. The van der Waals surface area contributed by atoms with Gasteiger partial charge < -0.3 is 0 Å². The average Bonchev–Trinajstić information content (AvgIpc) is 2.43. The topological polar surface area (TPSA) is 17.1 Å². The molecule has 11 heavy (non-hydrogen) atoms. The highest BCUT2D eigenvalue weighted by atomic mass is 35.5. The molecule has 0 aromatic carbocycles. The van der Waals surface area contributed by atoms with Crippen LogP contribution in [0.1, 0.15) is 0 Å². The predicted molar refractivity (Wildman–Crippen MR) is 53.1 cm³/mol. The number of carbonyl (C=O) groups is 1. The van der Waals surface area contributed by atoms with Gasteiger partial charge in [0.25, 0.3) is 0 Å². The Morgan fingerprint density at radius 1 is 1.36 bits per heavy atom. The summed E-state index contributed by atoms with van der Waals surface area (Å²) in [6.07, 6.45) is 0. The molecule has 0 unspecified atom stereocenters. The van der Waals surface area contributed by atoms with Gasteiger partial charge in [-0.1, -0.05) is 12.1 Å². The number of rotatable bonds is 1. The fourth-order valence-corrected chi connectivity index (χ4v) is 0.680. The Balaban J connectivity index is 0. The van der Waals surface area contributed by atoms with E-state index in [0.29, 0.717) is 0 Å². The third-order valence-electron chi connectivity index (χ3n) is 0.530. The second-order valence-electron chi connectivity index (χ2n) is 1.28. The molecule has 1 rings (SSSR count). The van der Waals surface area contributed by atoms with E-state index in [1.807, 2.05) is 22.9 Å². The number of alkyl halides is 1. The lowest BCUT2D eigenvalue weighted by atomic mass is 10.7. The van der Waals surface area contributed by atoms with E-state index < -0.39 is 5.24 Å². The van der Waals surface area contributed by atoms with Crippen LogP contribution in [0.3, 0.4) is 0 Å². The fraction of sp³-hybridized carbons (Fsp3) is 0.167. The third kappa shape index (κ3) is 13.3. The highest BCUT2D eigenvalue weighted by Gasteiger charge is 1.83. The molecule has 1 nitrogen and oxygen atoms in total. The maximum Gasteiger partial charge on any atom is 0.236 e. The van der Waals surface area contributed by atoms with Gasteiger partial charge in [-0.2, -0.15) is 11.3 Å². The molecule has 64 valence electrons. The zero-order chi connectivity index (χ0) is 7.82. The van der Waals surface area contributed by atoms with Gasteiger partial charge in [0.1, 0.15) is 0 Å². The van der Waals surface area contributed by atoms with Gasteiger partial charge in [0.2, 0.25) is 5.24 Å². The number of hydrogen-bond acceptors (Lipinski definition) is 2. The Bertz CT molecular complexity index is 147. The summed E-state index contributed by atoms with van der Waals surface area (Å²) in [6.45, 7) is 0. The minimum atomic E-state index is -0.508. The molecule has 1 heterocycles. The molecule has 0 spiro atoms. The van der Waals surface area contributed by atoms with E-state index >= 15 is 0 Å². The van der Waals surface area contributed by atoms with Crippen molar-refractivity contribution in [3.05, 3.63) is 22.9 Å². The Hall–Kier alpha value is 0.240. The van der Waals surface area contributed by atoms with Crippen LogP contribution in [-0.4, -0.2) is 11.1 Å². The van der Waals surface area contributed by atoms with Gasteiger partial charge in [-0.05, 0) is 22.4 Å². The Morgan fingerprint density at radius 3 is 1.82 bits per heavy atom. The van der Waals surface area contributed by atoms with Crippen LogP contribution in [0.15, 0.2) is 22.9 Å². The Morgan fingerprint density at radius 2 is 1.73 bits per heavy atom. The van der Waals surface area contributed by atoms with Crippen molar-refractivity contribution in [2.24, 2.45) is 0 Å². The van der Waals surface area contributed by atoms with Gasteiger partial charge in [0.05, 0.1) is 5.88 Å². The first-order chi connectivity index (χ1) is 4.77. The van der Waals surface area contributed by atoms with Crippen molar-refractivity contribution in [3.8, 4) is 0 Å². The first kappa shape index (κ1) is 13.8. The highest BCUT2D eigenvalue weighted by molar-refractivity contribution is 7.07. The summed E-state index contributed by atoms with van der Waals surface area (Å²) in [6, 6.07) is 4.04. The van der Waals surface area contributed by atoms with E-state index in [9.17, 15) is 4.79 Å². The lowest BCUT2D eigenvalue weighted by Crippen LogP contribution is -1.81. The normalized spacial score (nSPS) is 7.09. The first-order valence-electron chi connectivity index (χ1n) is 2.49. The van der Waals surface area contributed by atoms with E-state index in [2.05, 4.69) is 0 Å². The van der Waals surface area contributed by atoms with E-state index in [4.69, 9.17) is 23.2 Å². The molecule has 0 aliphatic rings. The SMILES string of the molecule is Cl.O=C(Cl)CCl.c1ccsc1. The van der Waals surface area contributed by atoms with Crippen LogP contribution in [-0.2, 0) is 4.79 Å². The lowest BCUT2D eigenvalue weighted by molar-refractivity contribution is -0.109. The summed E-state index contributed by atoms with van der Waals surface area (Å²) in [5.41, 5.74) is 0. The van der Waals surface area contributed by atoms with Gasteiger partial charge in [-0.15, -0.1) is 24.0 Å². The van der Waals surface area contributed by atoms with Crippen molar-refractivity contribution >= 4 is 52.2 Å². The molecule has 0 fully saturated rings. The number of halogens is 3. The van der Waals surface area contributed by atoms with Crippen molar-refractivity contribution < 1.29 is 4.79 Å². The van der Waals surface area contributed by atoms with Crippen LogP contribution in [0.2, 0.25) is 0 Å². The Labute approximate surface area is 85.7 Å². The number of hydrogen-bond donors (Lipinski definition) is 0. The van der Waals surface area contributed by atoms with Gasteiger partial charge in [0, 0.05) is 0 Å². The molecular weight excluding hydrogens is 226 g/mol. The van der Waals surface area contributed by atoms with Crippen molar-refractivity contribution in [3.63, 3.8) is 0 Å². The highest BCUT2D eigenvalue weighted by Crippen LogP contribution is 1.91. The average molecular weight is 234 g/mol. The summed E-state index contributed by atoms with van der Waals surface area (Å²) in [5.74, 6) is -0.0957. The van der Waals surface area contributed by atoms with Crippen LogP contribution < -0.4 is 0 Å². The van der Waals surface area contributed by atoms with Crippen LogP contribution in [0.4, 0.5) is 0 Å². The minimum Gasteiger partial charge on any atom is -0.280 e. The standard InChI is InChI=1S/C4H4S.C2H2Cl2O.ClH/c1-2-4-5-3-1;3-1-2(4)5;/h1-4H;1H2;1H. The summed E-state index contributed by atoms with van der Waals surface area (Å²) in [5, 5.41) is 3.58. The van der Waals surface area contributed by atoms with Gasteiger partial charge >= 0.3 is 0 Å². The molecule has 0 radical (unpaired) electrons. The smallest absolute Gasteiger partial charge is 0.236 e. The second-order valence-corrected chi connectivity index (χ2v) is 2.79. The van der Waals surface area contributed by atoms with E-state index in [1.54, 1.807) is 11.3 Å². The number of carbonyl (C=O) groups excluding carboxylic acids is 1. The van der Waals surface area contributed by atoms with Crippen molar-refractivity contribution in [1.29, 1.82) is 0 Å². The predicted octanol–water partition coefficient (Wildman–Crippen LogP) is 3.16. The largest absolute Gasteiger partial charge is 0.280 e. The zero-order valence-corrected chi connectivity index (χ0v) is 8.64. The molecule has 0 amide bonds. The van der Waals surface area contributed by atoms with E-state index in [0.717, 1.165) is 0 Å². The van der Waals surface area contributed by atoms with Crippen molar-refractivity contribution in [1.82, 2.24) is 0 Å². The van der Waals surface area contributed by atoms with Gasteiger partial charge in [0.15, 0.2) is 0 Å². The quantitative estimate of drug-likeness (QED) is 0.538.